The number of nitrogens with one attached hydrogen (secondary N) is 1. The van der Waals surface area contributed by atoms with Crippen molar-refractivity contribution < 1.29 is 0 Å². The lowest BCUT2D eigenvalue weighted by atomic mass is 10.4. The lowest BCUT2D eigenvalue weighted by Gasteiger charge is -2.02. The second-order valence-corrected chi connectivity index (χ2v) is 4.93. The molecule has 2 aromatic rings. The molecule has 0 aliphatic rings. The highest BCUT2D eigenvalue weighted by molar-refractivity contribution is 7.98. The maximum atomic E-state index is 4.01. The van der Waals surface area contributed by atoms with Gasteiger partial charge in [-0.2, -0.15) is 11.3 Å². The van der Waals surface area contributed by atoms with Crippen LogP contribution in [0.15, 0.2) is 22.0 Å². The van der Waals surface area contributed by atoms with Crippen LogP contribution in [0.4, 0.5) is 0 Å². The summed E-state index contributed by atoms with van der Waals surface area (Å²) in [7, 11) is 1.92. The van der Waals surface area contributed by atoms with Gasteiger partial charge in [0, 0.05) is 12.3 Å². The van der Waals surface area contributed by atoms with Crippen LogP contribution in [-0.2, 0) is 12.3 Å². The Morgan fingerprint density at radius 2 is 2.50 bits per heavy atom. The molecule has 1 N–H and O–H groups in total. The summed E-state index contributed by atoms with van der Waals surface area (Å²) >= 11 is 3.38. The highest BCUT2D eigenvalue weighted by Gasteiger charge is 2.06. The Balaban J connectivity index is 1.91. The van der Waals surface area contributed by atoms with Crippen LogP contribution in [0, 0.1) is 0 Å². The van der Waals surface area contributed by atoms with Gasteiger partial charge in [0.2, 0.25) is 5.16 Å². The molecule has 7 heteroatoms. The van der Waals surface area contributed by atoms with Crippen molar-refractivity contribution in [3.8, 4) is 0 Å². The van der Waals surface area contributed by atoms with Crippen molar-refractivity contribution in [3.05, 3.63) is 22.4 Å². The van der Waals surface area contributed by atoms with Gasteiger partial charge < -0.3 is 5.32 Å². The van der Waals surface area contributed by atoms with E-state index in [0.29, 0.717) is 0 Å². The summed E-state index contributed by atoms with van der Waals surface area (Å²) in [6.07, 6.45) is 0. The Kier molecular flexibility index (Phi) is 4.32. The van der Waals surface area contributed by atoms with Crippen molar-refractivity contribution in [2.75, 3.05) is 13.6 Å². The van der Waals surface area contributed by atoms with E-state index >= 15 is 0 Å². The largest absolute Gasteiger partial charge is 0.318 e. The number of likely N-dealkylation sites (N-methyl/N-ethyl adjacent to an activating group) is 1. The summed E-state index contributed by atoms with van der Waals surface area (Å²) in [6.45, 7) is 1.67. The molecular formula is C9H13N5S2. The van der Waals surface area contributed by atoms with Gasteiger partial charge >= 0.3 is 0 Å². The van der Waals surface area contributed by atoms with E-state index in [-0.39, 0.29) is 0 Å². The van der Waals surface area contributed by atoms with Gasteiger partial charge in [0.15, 0.2) is 0 Å². The third-order valence-electron chi connectivity index (χ3n) is 2.02. The molecule has 2 heterocycles. The van der Waals surface area contributed by atoms with Gasteiger partial charge in [0.25, 0.3) is 0 Å². The first-order valence-corrected chi connectivity index (χ1v) is 6.87. The second kappa shape index (κ2) is 5.97. The van der Waals surface area contributed by atoms with Gasteiger partial charge in [-0.15, -0.1) is 5.10 Å². The molecule has 0 aliphatic carbocycles. The molecule has 0 fully saturated rings. The van der Waals surface area contributed by atoms with E-state index < -0.39 is 0 Å². The van der Waals surface area contributed by atoms with Crippen LogP contribution in [0.1, 0.15) is 5.56 Å². The molecular weight excluding hydrogens is 242 g/mol. The average molecular weight is 255 g/mol. The Morgan fingerprint density at radius 3 is 3.25 bits per heavy atom. The first-order valence-electron chi connectivity index (χ1n) is 4.95. The quantitative estimate of drug-likeness (QED) is 0.787. The van der Waals surface area contributed by atoms with Crippen LogP contribution in [-0.4, -0.2) is 33.8 Å². The predicted octanol–water partition coefficient (Wildman–Crippen LogP) is 1.25. The zero-order valence-corrected chi connectivity index (χ0v) is 10.6. The van der Waals surface area contributed by atoms with Gasteiger partial charge in [-0.05, 0) is 39.9 Å². The monoisotopic (exact) mass is 255 g/mol. The fraction of sp³-hybridized carbons (Fsp3) is 0.444. The standard InChI is InChI=1S/C9H13N5S2/c1-10-3-4-14-9(11-12-13-14)16-7-8-2-5-15-6-8/h2,5-6,10H,3-4,7H2,1H3. The highest BCUT2D eigenvalue weighted by Crippen LogP contribution is 2.20. The fourth-order valence-corrected chi connectivity index (χ4v) is 2.80. The fourth-order valence-electron chi connectivity index (χ4n) is 1.18. The molecule has 0 saturated heterocycles. The van der Waals surface area contributed by atoms with Crippen molar-refractivity contribution in [2.24, 2.45) is 0 Å². The normalized spacial score (nSPS) is 10.8. The predicted molar refractivity (Wildman–Crippen MR) is 65.6 cm³/mol. The molecule has 2 aromatic heterocycles. The number of rotatable bonds is 6. The van der Waals surface area contributed by atoms with Gasteiger partial charge in [0.1, 0.15) is 0 Å². The van der Waals surface area contributed by atoms with Gasteiger partial charge in [0.05, 0.1) is 6.54 Å². The van der Waals surface area contributed by atoms with Gasteiger partial charge in [-0.25, -0.2) is 4.68 Å². The maximum absolute atomic E-state index is 4.01. The third kappa shape index (κ3) is 3.03. The zero-order chi connectivity index (χ0) is 11.2. The lowest BCUT2D eigenvalue weighted by Crippen LogP contribution is -2.16. The smallest absolute Gasteiger partial charge is 0.209 e. The lowest BCUT2D eigenvalue weighted by molar-refractivity contribution is 0.530. The molecule has 0 aromatic carbocycles. The number of thioether (sulfide) groups is 1. The Morgan fingerprint density at radius 1 is 1.56 bits per heavy atom. The summed E-state index contributed by atoms with van der Waals surface area (Å²) in [5.74, 6) is 0.920. The molecule has 0 amide bonds. The minimum Gasteiger partial charge on any atom is -0.318 e. The van der Waals surface area contributed by atoms with Crippen LogP contribution in [0.5, 0.6) is 0 Å². The summed E-state index contributed by atoms with van der Waals surface area (Å²) in [4.78, 5) is 0. The molecule has 0 aliphatic heterocycles. The minimum atomic E-state index is 0.801. The van der Waals surface area contributed by atoms with E-state index in [0.717, 1.165) is 24.0 Å². The van der Waals surface area contributed by atoms with Crippen molar-refractivity contribution in [3.63, 3.8) is 0 Å². The summed E-state index contributed by atoms with van der Waals surface area (Å²) in [6, 6.07) is 2.12. The number of thiophene rings is 1. The second-order valence-electron chi connectivity index (χ2n) is 3.21. The van der Waals surface area contributed by atoms with Crippen LogP contribution in [0.25, 0.3) is 0 Å². The number of nitrogens with zero attached hydrogens (tertiary/aromatic N) is 4. The topological polar surface area (TPSA) is 55.6 Å². The van der Waals surface area contributed by atoms with E-state index in [9.17, 15) is 0 Å². The van der Waals surface area contributed by atoms with E-state index in [1.54, 1.807) is 23.1 Å². The minimum absolute atomic E-state index is 0.801. The number of tetrazole rings is 1. The van der Waals surface area contributed by atoms with Crippen LogP contribution >= 0.6 is 23.1 Å². The molecule has 5 nitrogen and oxygen atoms in total. The van der Waals surface area contributed by atoms with E-state index in [2.05, 4.69) is 37.7 Å². The summed E-state index contributed by atoms with van der Waals surface area (Å²) in [5, 5.41) is 19.8. The Hall–Kier alpha value is -0.920. The molecule has 86 valence electrons. The number of hydrogen-bond donors (Lipinski definition) is 1. The molecule has 16 heavy (non-hydrogen) atoms. The summed E-state index contributed by atoms with van der Waals surface area (Å²) < 4.78 is 1.83. The number of aromatic nitrogens is 4. The van der Waals surface area contributed by atoms with Crippen molar-refractivity contribution in [2.45, 2.75) is 17.5 Å². The molecule has 0 radical (unpaired) electrons. The SMILES string of the molecule is CNCCn1nnnc1SCc1ccsc1. The van der Waals surface area contributed by atoms with Gasteiger partial charge in [-0.1, -0.05) is 11.8 Å². The molecule has 0 spiro atoms. The average Bonchev–Trinajstić information content (AvgIpc) is 2.94. The molecule has 0 atom stereocenters. The molecule has 2 rings (SSSR count). The zero-order valence-electron chi connectivity index (χ0n) is 8.96. The molecule has 0 unspecified atom stereocenters. The van der Waals surface area contributed by atoms with E-state index in [1.807, 2.05) is 11.7 Å². The van der Waals surface area contributed by atoms with Crippen LogP contribution in [0.3, 0.4) is 0 Å². The highest BCUT2D eigenvalue weighted by atomic mass is 32.2. The van der Waals surface area contributed by atoms with Crippen molar-refractivity contribution in [1.82, 2.24) is 25.5 Å². The Labute approximate surface area is 102 Å². The first-order chi connectivity index (χ1) is 7.90. The molecule has 0 bridgehead atoms. The Bertz CT molecular complexity index is 411. The van der Waals surface area contributed by atoms with Gasteiger partial charge in [-0.3, -0.25) is 0 Å². The van der Waals surface area contributed by atoms with E-state index in [1.165, 1.54) is 5.56 Å². The van der Waals surface area contributed by atoms with Crippen molar-refractivity contribution in [1.29, 1.82) is 0 Å². The number of hydrogen-bond acceptors (Lipinski definition) is 6. The van der Waals surface area contributed by atoms with Crippen LogP contribution < -0.4 is 5.32 Å². The summed E-state index contributed by atoms with van der Waals surface area (Å²) in [5.41, 5.74) is 1.32. The van der Waals surface area contributed by atoms with E-state index in [4.69, 9.17) is 0 Å². The first kappa shape index (κ1) is 11.6. The molecule has 0 saturated carbocycles. The maximum Gasteiger partial charge on any atom is 0.209 e. The third-order valence-corrected chi connectivity index (χ3v) is 3.78. The van der Waals surface area contributed by atoms with Crippen LogP contribution in [0.2, 0.25) is 0 Å². The van der Waals surface area contributed by atoms with Crippen molar-refractivity contribution >= 4 is 23.1 Å².